The third-order valence-corrected chi connectivity index (χ3v) is 3.53. The average molecular weight is 320 g/mol. The molecule has 2 aromatic rings. The second-order valence-electron chi connectivity index (χ2n) is 4.82. The van der Waals surface area contributed by atoms with E-state index in [-0.39, 0.29) is 5.91 Å². The lowest BCUT2D eigenvalue weighted by molar-refractivity contribution is 0.0939. The molecule has 2 rings (SSSR count). The Morgan fingerprint density at radius 3 is 2.68 bits per heavy atom. The van der Waals surface area contributed by atoms with Crippen LogP contribution >= 0.6 is 11.6 Å². The molecular weight excluding hydrogens is 302 g/mol. The van der Waals surface area contributed by atoms with E-state index < -0.39 is 6.10 Å². The highest BCUT2D eigenvalue weighted by Gasteiger charge is 2.13. The van der Waals surface area contributed by atoms with Crippen molar-refractivity contribution in [3.63, 3.8) is 0 Å². The number of nitrogens with one attached hydrogen (secondary N) is 1. The fraction of sp³-hybridized carbons (Fsp3) is 0.235. The first kappa shape index (κ1) is 16.3. The lowest BCUT2D eigenvalue weighted by atomic mass is 10.1. The smallest absolute Gasteiger partial charge is 0.255 e. The van der Waals surface area contributed by atoms with Gasteiger partial charge in [-0.05, 0) is 30.2 Å². The van der Waals surface area contributed by atoms with E-state index in [1.165, 1.54) is 7.11 Å². The summed E-state index contributed by atoms with van der Waals surface area (Å²) in [7, 11) is 1.49. The SMILES string of the molecule is COc1cc(Cl)ccc1C(=O)NCCC(O)c1ccccc1. The van der Waals surface area contributed by atoms with Crippen LogP contribution in [0, 0.1) is 0 Å². The van der Waals surface area contributed by atoms with Crippen LogP contribution in [0.4, 0.5) is 0 Å². The molecule has 0 aliphatic carbocycles. The highest BCUT2D eigenvalue weighted by molar-refractivity contribution is 6.30. The van der Waals surface area contributed by atoms with Crippen LogP contribution in [0.5, 0.6) is 5.75 Å². The number of halogens is 1. The van der Waals surface area contributed by atoms with Crippen LogP contribution in [-0.4, -0.2) is 24.7 Å². The molecule has 116 valence electrons. The van der Waals surface area contributed by atoms with Gasteiger partial charge >= 0.3 is 0 Å². The van der Waals surface area contributed by atoms with Gasteiger partial charge in [0.15, 0.2) is 0 Å². The van der Waals surface area contributed by atoms with E-state index in [2.05, 4.69) is 5.32 Å². The number of methoxy groups -OCH3 is 1. The maximum absolute atomic E-state index is 12.1. The summed E-state index contributed by atoms with van der Waals surface area (Å²) in [6.45, 7) is 0.362. The first-order chi connectivity index (χ1) is 10.6. The molecule has 1 unspecified atom stereocenters. The fourth-order valence-corrected chi connectivity index (χ4v) is 2.27. The second kappa shape index (κ2) is 7.82. The Morgan fingerprint density at radius 1 is 1.27 bits per heavy atom. The number of hydrogen-bond acceptors (Lipinski definition) is 3. The minimum atomic E-state index is -0.603. The zero-order valence-corrected chi connectivity index (χ0v) is 13.0. The normalized spacial score (nSPS) is 11.8. The molecular formula is C17H18ClNO3. The largest absolute Gasteiger partial charge is 0.496 e. The molecule has 5 heteroatoms. The molecule has 0 bridgehead atoms. The number of carbonyl (C=O) groups is 1. The summed E-state index contributed by atoms with van der Waals surface area (Å²) in [5, 5.41) is 13.3. The number of benzene rings is 2. The molecule has 0 radical (unpaired) electrons. The molecule has 2 N–H and O–H groups in total. The van der Waals surface area contributed by atoms with Gasteiger partial charge in [-0.3, -0.25) is 4.79 Å². The van der Waals surface area contributed by atoms with E-state index >= 15 is 0 Å². The lowest BCUT2D eigenvalue weighted by Crippen LogP contribution is -2.26. The van der Waals surface area contributed by atoms with Crippen molar-refractivity contribution in [1.29, 1.82) is 0 Å². The summed E-state index contributed by atoms with van der Waals surface area (Å²) in [5.41, 5.74) is 1.25. The van der Waals surface area contributed by atoms with Crippen molar-refractivity contribution in [2.24, 2.45) is 0 Å². The molecule has 0 aliphatic heterocycles. The van der Waals surface area contributed by atoms with Gasteiger partial charge in [0.25, 0.3) is 5.91 Å². The standard InChI is InChI=1S/C17H18ClNO3/c1-22-16-11-13(18)7-8-14(16)17(21)19-10-9-15(20)12-5-3-2-4-6-12/h2-8,11,15,20H,9-10H2,1H3,(H,19,21). The molecule has 2 aromatic carbocycles. The summed E-state index contributed by atoms with van der Waals surface area (Å²) in [4.78, 5) is 12.1. The van der Waals surface area contributed by atoms with Crippen molar-refractivity contribution >= 4 is 17.5 Å². The van der Waals surface area contributed by atoms with Gasteiger partial charge in [-0.25, -0.2) is 0 Å². The molecule has 1 amide bonds. The van der Waals surface area contributed by atoms with Crippen molar-refractivity contribution in [3.05, 3.63) is 64.7 Å². The Morgan fingerprint density at radius 2 is 2.00 bits per heavy atom. The van der Waals surface area contributed by atoms with Crippen molar-refractivity contribution in [1.82, 2.24) is 5.32 Å². The number of hydrogen-bond donors (Lipinski definition) is 2. The van der Waals surface area contributed by atoms with E-state index in [0.29, 0.717) is 29.3 Å². The Balaban J connectivity index is 1.91. The van der Waals surface area contributed by atoms with Crippen LogP contribution in [0.25, 0.3) is 0 Å². The summed E-state index contributed by atoms with van der Waals surface area (Å²) < 4.78 is 5.15. The number of aliphatic hydroxyl groups excluding tert-OH is 1. The van der Waals surface area contributed by atoms with Crippen molar-refractivity contribution in [3.8, 4) is 5.75 Å². The minimum Gasteiger partial charge on any atom is -0.496 e. The van der Waals surface area contributed by atoms with Gasteiger partial charge in [-0.1, -0.05) is 41.9 Å². The summed E-state index contributed by atoms with van der Waals surface area (Å²) in [6, 6.07) is 14.2. The Kier molecular flexibility index (Phi) is 5.81. The van der Waals surface area contributed by atoms with Gasteiger partial charge < -0.3 is 15.2 Å². The van der Waals surface area contributed by atoms with Crippen LogP contribution in [-0.2, 0) is 0 Å². The van der Waals surface area contributed by atoms with Gasteiger partial charge in [0.1, 0.15) is 5.75 Å². The van der Waals surface area contributed by atoms with Crippen LogP contribution in [0.15, 0.2) is 48.5 Å². The van der Waals surface area contributed by atoms with Gasteiger partial charge in [0, 0.05) is 11.6 Å². The van der Waals surface area contributed by atoms with E-state index in [1.807, 2.05) is 30.3 Å². The molecule has 0 saturated heterocycles. The second-order valence-corrected chi connectivity index (χ2v) is 5.25. The quantitative estimate of drug-likeness (QED) is 0.859. The molecule has 0 aromatic heterocycles. The number of aliphatic hydroxyl groups is 1. The van der Waals surface area contributed by atoms with E-state index in [4.69, 9.17) is 16.3 Å². The van der Waals surface area contributed by atoms with Gasteiger partial charge in [-0.15, -0.1) is 0 Å². The predicted octanol–water partition coefficient (Wildman–Crippen LogP) is 3.20. The Hall–Kier alpha value is -2.04. The molecule has 0 aliphatic rings. The first-order valence-electron chi connectivity index (χ1n) is 6.96. The third-order valence-electron chi connectivity index (χ3n) is 3.30. The molecule has 0 saturated carbocycles. The molecule has 0 spiro atoms. The molecule has 0 fully saturated rings. The summed E-state index contributed by atoms with van der Waals surface area (Å²) >= 11 is 5.87. The number of amides is 1. The summed E-state index contributed by atoms with van der Waals surface area (Å²) in [5.74, 6) is 0.169. The Bertz CT molecular complexity index is 631. The van der Waals surface area contributed by atoms with E-state index in [0.717, 1.165) is 5.56 Å². The van der Waals surface area contributed by atoms with Crippen LogP contribution < -0.4 is 10.1 Å². The van der Waals surface area contributed by atoms with Gasteiger partial charge in [0.05, 0.1) is 18.8 Å². The maximum atomic E-state index is 12.1. The van der Waals surface area contributed by atoms with E-state index in [1.54, 1.807) is 18.2 Å². The predicted molar refractivity (Wildman–Crippen MR) is 86.4 cm³/mol. The van der Waals surface area contributed by atoms with Gasteiger partial charge in [-0.2, -0.15) is 0 Å². The van der Waals surface area contributed by atoms with Crippen molar-refractivity contribution in [2.45, 2.75) is 12.5 Å². The molecule has 22 heavy (non-hydrogen) atoms. The van der Waals surface area contributed by atoms with E-state index in [9.17, 15) is 9.90 Å². The fourth-order valence-electron chi connectivity index (χ4n) is 2.11. The van der Waals surface area contributed by atoms with Crippen LogP contribution in [0.2, 0.25) is 5.02 Å². The van der Waals surface area contributed by atoms with Crippen molar-refractivity contribution in [2.75, 3.05) is 13.7 Å². The highest BCUT2D eigenvalue weighted by Crippen LogP contribution is 2.23. The average Bonchev–Trinajstić information content (AvgIpc) is 2.55. The molecule has 1 atom stereocenters. The monoisotopic (exact) mass is 319 g/mol. The number of ether oxygens (including phenoxy) is 1. The zero-order valence-electron chi connectivity index (χ0n) is 12.3. The number of rotatable bonds is 6. The zero-order chi connectivity index (χ0) is 15.9. The van der Waals surface area contributed by atoms with Crippen molar-refractivity contribution < 1.29 is 14.6 Å². The topological polar surface area (TPSA) is 58.6 Å². The number of carbonyl (C=O) groups excluding carboxylic acids is 1. The maximum Gasteiger partial charge on any atom is 0.255 e. The molecule has 4 nitrogen and oxygen atoms in total. The lowest BCUT2D eigenvalue weighted by Gasteiger charge is -2.13. The van der Waals surface area contributed by atoms with Gasteiger partial charge in [0.2, 0.25) is 0 Å². The minimum absolute atomic E-state index is 0.256. The van der Waals surface area contributed by atoms with Crippen LogP contribution in [0.1, 0.15) is 28.4 Å². The first-order valence-corrected chi connectivity index (χ1v) is 7.34. The summed E-state index contributed by atoms with van der Waals surface area (Å²) in [6.07, 6.45) is -0.167. The molecule has 0 heterocycles. The van der Waals surface area contributed by atoms with Crippen LogP contribution in [0.3, 0.4) is 0 Å². The highest BCUT2D eigenvalue weighted by atomic mass is 35.5. The Labute approximate surface area is 134 Å². The third kappa shape index (κ3) is 4.23.